The summed E-state index contributed by atoms with van der Waals surface area (Å²) in [6.45, 7) is 2.26. The van der Waals surface area contributed by atoms with Crippen molar-refractivity contribution in [2.45, 2.75) is 6.04 Å². The number of hydrogen-bond acceptors (Lipinski definition) is 11. The molecule has 32 heavy (non-hydrogen) atoms. The van der Waals surface area contributed by atoms with Gasteiger partial charge in [-0.05, 0) is 17.7 Å². The first-order valence-electron chi connectivity index (χ1n) is 10.1. The largest absolute Gasteiger partial charge is 3.00 e. The number of rotatable bonds is 7. The van der Waals surface area contributed by atoms with Crippen molar-refractivity contribution in [3.63, 3.8) is 0 Å². The van der Waals surface area contributed by atoms with Crippen LogP contribution >= 0.6 is 0 Å². The average molecular weight is 585 g/mol. The van der Waals surface area contributed by atoms with Crippen molar-refractivity contribution in [1.82, 2.24) is 20.0 Å². The summed E-state index contributed by atoms with van der Waals surface area (Å²) in [5.74, 6) is -3.73. The Morgan fingerprint density at radius 2 is 1.34 bits per heavy atom. The Bertz CT molecular complexity index is 751. The maximum atomic E-state index is 12.0. The van der Waals surface area contributed by atoms with E-state index in [9.17, 15) is 29.7 Å². The van der Waals surface area contributed by atoms with Gasteiger partial charge in [0.15, 0.2) is 0 Å². The molecule has 12 heteroatoms. The van der Waals surface area contributed by atoms with Crippen LogP contribution in [0.4, 0.5) is 5.69 Å². The maximum absolute atomic E-state index is 12.0. The van der Waals surface area contributed by atoms with Gasteiger partial charge >= 0.3 is 40.4 Å². The van der Waals surface area contributed by atoms with E-state index in [1.807, 2.05) is 0 Å². The topological polar surface area (TPSA) is 168 Å². The molecule has 0 amide bonds. The molecule has 1 unspecified atom stereocenters. The summed E-state index contributed by atoms with van der Waals surface area (Å²) in [5.41, 5.74) is 6.74. The van der Waals surface area contributed by atoms with E-state index in [1.54, 1.807) is 39.0 Å². The van der Waals surface area contributed by atoms with E-state index in [0.717, 1.165) is 0 Å². The quantitative estimate of drug-likeness (QED) is 0.295. The Morgan fingerprint density at radius 1 is 0.844 bits per heavy atom. The molecule has 0 aliphatic carbocycles. The fourth-order valence-electron chi connectivity index (χ4n) is 3.59. The molecule has 1 aliphatic heterocycles. The molecular formula is C20H28N5O6Sm. The van der Waals surface area contributed by atoms with Gasteiger partial charge in [0.1, 0.15) is 0 Å². The van der Waals surface area contributed by atoms with Crippen LogP contribution in [0.5, 0.6) is 0 Å². The fraction of sp³-hybridized carbons (Fsp3) is 0.550. The van der Waals surface area contributed by atoms with Gasteiger partial charge in [0.2, 0.25) is 0 Å². The number of carbonyl (C=O) groups excluding carboxylic acids is 3. The maximum Gasteiger partial charge on any atom is 3.00 e. The standard InChI is InChI=1S/C20H31N5O6.Sm/c21-16-3-1-15(2-4-16)19(20(30)31)25-8-6-22-5-7-23(13-17(26)27)9-10-24(11-12-25)14-18(28)29;/h1-4,19,22H,5-14,21H2,(H,26,27)(H,28,29)(H,30,31);/q;+3/p-3. The molecule has 0 aromatic heterocycles. The summed E-state index contributed by atoms with van der Waals surface area (Å²) in [6.07, 6.45) is 0. The minimum absolute atomic E-state index is 0. The van der Waals surface area contributed by atoms with E-state index < -0.39 is 23.9 Å². The Kier molecular flexibility index (Phi) is 13.2. The third-order valence-electron chi connectivity index (χ3n) is 5.16. The molecule has 1 aromatic carbocycles. The molecule has 1 aromatic rings. The van der Waals surface area contributed by atoms with Crippen LogP contribution in [-0.2, 0) is 14.4 Å². The molecule has 1 aliphatic rings. The van der Waals surface area contributed by atoms with Gasteiger partial charge in [0.05, 0.1) is 23.9 Å². The van der Waals surface area contributed by atoms with Crippen LogP contribution < -0.4 is 26.4 Å². The van der Waals surface area contributed by atoms with Crippen LogP contribution in [0.1, 0.15) is 11.6 Å². The van der Waals surface area contributed by atoms with E-state index in [-0.39, 0.29) is 73.1 Å². The minimum Gasteiger partial charge on any atom is -0.549 e. The number of carboxylic acid groups (broad SMARTS) is 3. The van der Waals surface area contributed by atoms with Gasteiger partial charge in [-0.25, -0.2) is 0 Å². The van der Waals surface area contributed by atoms with Gasteiger partial charge in [-0.3, -0.25) is 14.7 Å². The van der Waals surface area contributed by atoms with E-state index in [4.69, 9.17) is 5.73 Å². The summed E-state index contributed by atoms with van der Waals surface area (Å²) < 4.78 is 0. The summed E-state index contributed by atoms with van der Waals surface area (Å²) in [7, 11) is 0. The first-order valence-corrected chi connectivity index (χ1v) is 10.1. The van der Waals surface area contributed by atoms with Gasteiger partial charge in [-0.15, -0.1) is 0 Å². The Hall–Kier alpha value is -1.39. The van der Waals surface area contributed by atoms with Crippen molar-refractivity contribution in [3.8, 4) is 0 Å². The number of nitrogens with one attached hydrogen (secondary N) is 1. The number of hydrogen-bond donors (Lipinski definition) is 2. The SMILES string of the molecule is Nc1ccc(C(C(=O)[O-])N2CCNCCN(CC(=O)[O-])CCN(CC(=O)[O-])CC2)cc1.[Sm+3]. The third kappa shape index (κ3) is 10.0. The molecule has 3 N–H and O–H groups in total. The molecule has 0 spiro atoms. The van der Waals surface area contributed by atoms with Crippen LogP contribution in [0.2, 0.25) is 0 Å². The van der Waals surface area contributed by atoms with Crippen molar-refractivity contribution in [2.24, 2.45) is 0 Å². The number of carboxylic acids is 3. The predicted octanol–water partition coefficient (Wildman–Crippen LogP) is -4.93. The Labute approximate surface area is 219 Å². The van der Waals surface area contributed by atoms with E-state index in [2.05, 4.69) is 5.32 Å². The second kappa shape index (κ2) is 14.7. The number of nitrogens with zero attached hydrogens (tertiary/aromatic N) is 3. The summed E-state index contributed by atoms with van der Waals surface area (Å²) >= 11 is 0. The second-order valence-corrected chi connectivity index (χ2v) is 7.47. The second-order valence-electron chi connectivity index (χ2n) is 7.47. The zero-order valence-corrected chi connectivity index (χ0v) is 20.4. The van der Waals surface area contributed by atoms with Crippen molar-refractivity contribution >= 4 is 23.6 Å². The van der Waals surface area contributed by atoms with Gasteiger partial charge in [-0.1, -0.05) is 12.1 Å². The van der Waals surface area contributed by atoms with Gasteiger partial charge < -0.3 is 40.8 Å². The van der Waals surface area contributed by atoms with Gasteiger partial charge in [0.25, 0.3) is 0 Å². The Balaban J connectivity index is 0.00000512. The Morgan fingerprint density at radius 3 is 1.88 bits per heavy atom. The zero-order chi connectivity index (χ0) is 22.8. The predicted molar refractivity (Wildman–Crippen MR) is 106 cm³/mol. The molecule has 1 radical (unpaired) electrons. The van der Waals surface area contributed by atoms with E-state index in [0.29, 0.717) is 44.0 Å². The molecule has 1 fully saturated rings. The fourth-order valence-corrected chi connectivity index (χ4v) is 3.59. The first-order chi connectivity index (χ1) is 14.8. The van der Waals surface area contributed by atoms with E-state index >= 15 is 0 Å². The molecule has 1 heterocycles. The molecular weight excluding hydrogens is 557 g/mol. The van der Waals surface area contributed by atoms with Crippen LogP contribution in [-0.4, -0.2) is 98.1 Å². The number of nitrogen functional groups attached to an aromatic ring is 1. The normalized spacial score (nSPS) is 18.5. The van der Waals surface area contributed by atoms with Crippen LogP contribution in [0, 0.1) is 40.4 Å². The summed E-state index contributed by atoms with van der Waals surface area (Å²) in [4.78, 5) is 39.1. The van der Waals surface area contributed by atoms with E-state index in [1.165, 1.54) is 0 Å². The first kappa shape index (κ1) is 28.6. The summed E-state index contributed by atoms with van der Waals surface area (Å²) in [5, 5.41) is 37.3. The van der Waals surface area contributed by atoms with Crippen molar-refractivity contribution in [1.29, 1.82) is 0 Å². The minimum atomic E-state index is -1.26. The molecule has 11 nitrogen and oxygen atoms in total. The van der Waals surface area contributed by atoms with Crippen LogP contribution in [0.25, 0.3) is 0 Å². The van der Waals surface area contributed by atoms with Crippen molar-refractivity contribution in [3.05, 3.63) is 29.8 Å². The number of benzene rings is 1. The number of anilines is 1. The molecule has 0 bridgehead atoms. The van der Waals surface area contributed by atoms with Crippen molar-refractivity contribution < 1.29 is 70.1 Å². The number of aliphatic carboxylic acids is 3. The molecule has 2 rings (SSSR count). The average Bonchev–Trinajstić information content (AvgIpc) is 2.68. The molecule has 175 valence electrons. The van der Waals surface area contributed by atoms with Crippen molar-refractivity contribution in [2.75, 3.05) is 71.2 Å². The smallest absolute Gasteiger partial charge is 0.549 e. The molecule has 1 saturated heterocycles. The monoisotopic (exact) mass is 586 g/mol. The number of nitrogens with two attached hydrogens (primary N) is 1. The zero-order valence-electron chi connectivity index (χ0n) is 17.7. The van der Waals surface area contributed by atoms with Gasteiger partial charge in [0, 0.05) is 71.1 Å². The third-order valence-corrected chi connectivity index (χ3v) is 5.16. The number of carbonyl (C=O) groups is 3. The molecule has 0 saturated carbocycles. The van der Waals surface area contributed by atoms with Crippen LogP contribution in [0.3, 0.4) is 0 Å². The van der Waals surface area contributed by atoms with Gasteiger partial charge in [-0.2, -0.15) is 0 Å². The summed E-state index contributed by atoms with van der Waals surface area (Å²) in [6, 6.07) is 5.49. The van der Waals surface area contributed by atoms with Crippen LogP contribution in [0.15, 0.2) is 24.3 Å². The molecule has 1 atom stereocenters.